The second kappa shape index (κ2) is 7.88. The summed E-state index contributed by atoms with van der Waals surface area (Å²) in [6.45, 7) is 3.76. The number of anilines is 1. The summed E-state index contributed by atoms with van der Waals surface area (Å²) in [5.41, 5.74) is 3.23. The quantitative estimate of drug-likeness (QED) is 0.798. The molecule has 24 heavy (non-hydrogen) atoms. The van der Waals surface area contributed by atoms with E-state index in [2.05, 4.69) is 5.32 Å². The molecule has 0 radical (unpaired) electrons. The maximum Gasteiger partial charge on any atom is 0.248 e. The number of ether oxygens (including phenoxy) is 2. The van der Waals surface area contributed by atoms with Gasteiger partial charge in [-0.1, -0.05) is 17.7 Å². The van der Waals surface area contributed by atoms with Crippen molar-refractivity contribution in [3.8, 4) is 11.5 Å². The molecule has 0 atom stereocenters. The first-order chi connectivity index (χ1) is 11.4. The molecule has 126 valence electrons. The van der Waals surface area contributed by atoms with Crippen LogP contribution >= 0.6 is 11.6 Å². The van der Waals surface area contributed by atoms with Crippen LogP contribution in [0, 0.1) is 6.92 Å². The van der Waals surface area contributed by atoms with Gasteiger partial charge in [0.05, 0.1) is 14.2 Å². The fourth-order valence-corrected chi connectivity index (χ4v) is 2.43. The van der Waals surface area contributed by atoms with Crippen LogP contribution in [0.2, 0.25) is 5.02 Å². The third-order valence-electron chi connectivity index (χ3n) is 3.62. The molecule has 1 N–H and O–H groups in total. The largest absolute Gasteiger partial charge is 0.497 e. The molecule has 0 heterocycles. The van der Waals surface area contributed by atoms with Crippen molar-refractivity contribution in [2.24, 2.45) is 0 Å². The van der Waals surface area contributed by atoms with Gasteiger partial charge in [0.1, 0.15) is 11.5 Å². The van der Waals surface area contributed by atoms with Crippen LogP contribution in [0.25, 0.3) is 5.57 Å². The first-order valence-electron chi connectivity index (χ1n) is 7.42. The molecule has 0 unspecified atom stereocenters. The van der Waals surface area contributed by atoms with Crippen LogP contribution in [0.15, 0.2) is 42.5 Å². The Morgan fingerprint density at radius 3 is 2.50 bits per heavy atom. The number of carbonyl (C=O) groups is 1. The lowest BCUT2D eigenvalue weighted by Gasteiger charge is -2.11. The van der Waals surface area contributed by atoms with Crippen LogP contribution in [-0.2, 0) is 4.79 Å². The highest BCUT2D eigenvalue weighted by Gasteiger charge is 2.09. The maximum absolute atomic E-state index is 12.2. The molecule has 0 aliphatic rings. The lowest BCUT2D eigenvalue weighted by atomic mass is 10.1. The van der Waals surface area contributed by atoms with Crippen molar-refractivity contribution in [3.63, 3.8) is 0 Å². The van der Waals surface area contributed by atoms with Gasteiger partial charge < -0.3 is 14.8 Å². The average molecular weight is 346 g/mol. The number of hydrogen-bond donors (Lipinski definition) is 1. The summed E-state index contributed by atoms with van der Waals surface area (Å²) in [6, 6.07) is 10.9. The topological polar surface area (TPSA) is 47.6 Å². The fraction of sp³-hybridized carbons (Fsp3) is 0.211. The maximum atomic E-state index is 12.2. The van der Waals surface area contributed by atoms with Gasteiger partial charge in [-0.2, -0.15) is 0 Å². The Balaban J connectivity index is 2.20. The number of methoxy groups -OCH3 is 2. The molecule has 0 saturated heterocycles. The Morgan fingerprint density at radius 2 is 1.88 bits per heavy atom. The van der Waals surface area contributed by atoms with Crippen LogP contribution in [0.4, 0.5) is 5.69 Å². The Labute approximate surface area is 147 Å². The van der Waals surface area contributed by atoms with Gasteiger partial charge in [0.15, 0.2) is 0 Å². The summed E-state index contributed by atoms with van der Waals surface area (Å²) < 4.78 is 10.5. The summed E-state index contributed by atoms with van der Waals surface area (Å²) in [5.74, 6) is 1.11. The van der Waals surface area contributed by atoms with Crippen molar-refractivity contribution in [2.45, 2.75) is 13.8 Å². The van der Waals surface area contributed by atoms with Gasteiger partial charge in [-0.15, -0.1) is 0 Å². The zero-order chi connectivity index (χ0) is 17.7. The highest BCUT2D eigenvalue weighted by molar-refractivity contribution is 6.31. The average Bonchev–Trinajstić information content (AvgIpc) is 2.57. The summed E-state index contributed by atoms with van der Waals surface area (Å²) in [7, 11) is 3.18. The van der Waals surface area contributed by atoms with Crippen LogP contribution in [0.1, 0.15) is 18.1 Å². The zero-order valence-electron chi connectivity index (χ0n) is 14.1. The summed E-state index contributed by atoms with van der Waals surface area (Å²) in [5, 5.41) is 3.42. The third kappa shape index (κ3) is 4.30. The van der Waals surface area contributed by atoms with Crippen molar-refractivity contribution in [2.75, 3.05) is 19.5 Å². The number of allylic oxidation sites excluding steroid dienone is 1. The van der Waals surface area contributed by atoms with E-state index in [1.54, 1.807) is 26.4 Å². The highest BCUT2D eigenvalue weighted by atomic mass is 35.5. The molecule has 0 aliphatic carbocycles. The summed E-state index contributed by atoms with van der Waals surface area (Å²) in [4.78, 5) is 12.2. The van der Waals surface area contributed by atoms with E-state index in [1.165, 1.54) is 6.08 Å². The van der Waals surface area contributed by atoms with Gasteiger partial charge in [-0.25, -0.2) is 0 Å². The molecule has 0 spiro atoms. The lowest BCUT2D eigenvalue weighted by Crippen LogP contribution is -2.08. The number of halogens is 1. The van der Waals surface area contributed by atoms with Crippen LogP contribution in [0.3, 0.4) is 0 Å². The smallest absolute Gasteiger partial charge is 0.248 e. The number of benzene rings is 2. The molecular formula is C19H20ClNO3. The Kier molecular flexibility index (Phi) is 5.88. The highest BCUT2D eigenvalue weighted by Crippen LogP contribution is 2.30. The predicted octanol–water partition coefficient (Wildman–Crippen LogP) is 4.71. The number of rotatable bonds is 5. The van der Waals surface area contributed by atoms with E-state index in [0.29, 0.717) is 22.2 Å². The molecule has 1 amide bonds. The van der Waals surface area contributed by atoms with Gasteiger partial charge in [0.25, 0.3) is 0 Å². The molecule has 2 rings (SSSR count). The number of nitrogens with one attached hydrogen (secondary N) is 1. The minimum atomic E-state index is -0.231. The Bertz CT molecular complexity index is 784. The molecule has 2 aromatic rings. The zero-order valence-corrected chi connectivity index (χ0v) is 14.9. The first kappa shape index (κ1) is 17.9. The van der Waals surface area contributed by atoms with Gasteiger partial charge in [-0.3, -0.25) is 4.79 Å². The van der Waals surface area contributed by atoms with Crippen LogP contribution < -0.4 is 14.8 Å². The molecule has 0 bridgehead atoms. The standard InChI is InChI=1S/C19H20ClNO3/c1-12-5-6-14(10-17(12)20)21-19(22)9-13(2)16-8-7-15(23-3)11-18(16)24-4/h5-11H,1-4H3,(H,21,22)/b13-9+. The molecule has 4 nitrogen and oxygen atoms in total. The minimum Gasteiger partial charge on any atom is -0.497 e. The second-order valence-electron chi connectivity index (χ2n) is 5.35. The van der Waals surface area contributed by atoms with Gasteiger partial charge in [0, 0.05) is 28.4 Å². The van der Waals surface area contributed by atoms with Crippen molar-refractivity contribution >= 4 is 28.8 Å². The van der Waals surface area contributed by atoms with Crippen LogP contribution in [0.5, 0.6) is 11.5 Å². The molecule has 2 aromatic carbocycles. The minimum absolute atomic E-state index is 0.231. The Hall–Kier alpha value is -2.46. The SMILES string of the molecule is COc1ccc(/C(C)=C/C(=O)Nc2ccc(C)c(Cl)c2)c(OC)c1. The molecule has 0 aliphatic heterocycles. The van der Waals surface area contributed by atoms with E-state index in [1.807, 2.05) is 38.1 Å². The van der Waals surface area contributed by atoms with E-state index in [9.17, 15) is 4.79 Å². The third-order valence-corrected chi connectivity index (χ3v) is 4.03. The van der Waals surface area contributed by atoms with E-state index in [4.69, 9.17) is 21.1 Å². The van der Waals surface area contributed by atoms with Gasteiger partial charge in [-0.05, 0) is 49.2 Å². The molecule has 0 aromatic heterocycles. The summed E-state index contributed by atoms with van der Waals surface area (Å²) in [6.07, 6.45) is 1.53. The van der Waals surface area contributed by atoms with E-state index in [-0.39, 0.29) is 5.91 Å². The van der Waals surface area contributed by atoms with Crippen molar-refractivity contribution < 1.29 is 14.3 Å². The lowest BCUT2D eigenvalue weighted by molar-refractivity contribution is -0.111. The van der Waals surface area contributed by atoms with Crippen LogP contribution in [-0.4, -0.2) is 20.1 Å². The summed E-state index contributed by atoms with van der Waals surface area (Å²) >= 11 is 6.07. The van der Waals surface area contributed by atoms with Crippen molar-refractivity contribution in [1.82, 2.24) is 0 Å². The monoisotopic (exact) mass is 345 g/mol. The van der Waals surface area contributed by atoms with E-state index >= 15 is 0 Å². The van der Waals surface area contributed by atoms with Gasteiger partial charge >= 0.3 is 0 Å². The van der Waals surface area contributed by atoms with Crippen molar-refractivity contribution in [1.29, 1.82) is 0 Å². The second-order valence-corrected chi connectivity index (χ2v) is 5.75. The van der Waals surface area contributed by atoms with Crippen molar-refractivity contribution in [3.05, 3.63) is 58.6 Å². The van der Waals surface area contributed by atoms with E-state index in [0.717, 1.165) is 16.7 Å². The predicted molar refractivity (Wildman–Crippen MR) is 98.0 cm³/mol. The number of amides is 1. The molecule has 0 fully saturated rings. The van der Waals surface area contributed by atoms with Gasteiger partial charge in [0.2, 0.25) is 5.91 Å². The Morgan fingerprint density at radius 1 is 1.12 bits per heavy atom. The molecule has 5 heteroatoms. The number of carbonyl (C=O) groups excluding carboxylic acids is 1. The molecular weight excluding hydrogens is 326 g/mol. The molecule has 0 saturated carbocycles. The normalized spacial score (nSPS) is 11.1. The number of hydrogen-bond acceptors (Lipinski definition) is 3. The first-order valence-corrected chi connectivity index (χ1v) is 7.80. The van der Waals surface area contributed by atoms with E-state index < -0.39 is 0 Å². The fourth-order valence-electron chi connectivity index (χ4n) is 2.25. The number of aryl methyl sites for hydroxylation is 1.